The van der Waals surface area contributed by atoms with Crippen LogP contribution in [0, 0.1) is 0 Å². The molecule has 0 amide bonds. The van der Waals surface area contributed by atoms with Gasteiger partial charge in [-0.3, -0.25) is 4.98 Å². The SMILES string of the molecule is CCC1(n2c(CCl)nc3cnccc32)CCC1. The summed E-state index contributed by atoms with van der Waals surface area (Å²) in [7, 11) is 0. The minimum atomic E-state index is 0.250. The van der Waals surface area contributed by atoms with Gasteiger partial charge in [0.15, 0.2) is 0 Å². The minimum Gasteiger partial charge on any atom is -0.321 e. The summed E-state index contributed by atoms with van der Waals surface area (Å²) < 4.78 is 2.36. The summed E-state index contributed by atoms with van der Waals surface area (Å²) in [4.78, 5) is 8.73. The number of imidazole rings is 1. The standard InChI is InChI=1S/C13H16ClN3/c1-2-13(5-3-6-13)17-11-4-7-15-9-10(11)16-12(17)8-14/h4,7,9H,2-3,5-6,8H2,1H3. The van der Waals surface area contributed by atoms with Crippen molar-refractivity contribution < 1.29 is 0 Å². The van der Waals surface area contributed by atoms with Crippen molar-refractivity contribution in [3.63, 3.8) is 0 Å². The Labute approximate surface area is 106 Å². The smallest absolute Gasteiger partial charge is 0.125 e. The molecule has 3 rings (SSSR count). The van der Waals surface area contributed by atoms with Crippen LogP contribution in [0.4, 0.5) is 0 Å². The first-order valence-electron chi connectivity index (χ1n) is 6.18. The molecule has 1 saturated carbocycles. The summed E-state index contributed by atoms with van der Waals surface area (Å²) in [6.07, 6.45) is 8.58. The van der Waals surface area contributed by atoms with Crippen LogP contribution in [0.2, 0.25) is 0 Å². The van der Waals surface area contributed by atoms with E-state index in [2.05, 4.69) is 21.5 Å². The summed E-state index contributed by atoms with van der Waals surface area (Å²) in [6.45, 7) is 2.25. The van der Waals surface area contributed by atoms with Gasteiger partial charge in [-0.25, -0.2) is 4.98 Å². The van der Waals surface area contributed by atoms with Gasteiger partial charge >= 0.3 is 0 Å². The van der Waals surface area contributed by atoms with Crippen LogP contribution in [0.5, 0.6) is 0 Å². The maximum atomic E-state index is 6.04. The van der Waals surface area contributed by atoms with E-state index in [-0.39, 0.29) is 5.54 Å². The van der Waals surface area contributed by atoms with E-state index in [1.165, 1.54) is 24.8 Å². The molecule has 2 aromatic rings. The summed E-state index contributed by atoms with van der Waals surface area (Å²) in [5.41, 5.74) is 2.39. The van der Waals surface area contributed by atoms with Crippen molar-refractivity contribution in [3.05, 3.63) is 24.3 Å². The monoisotopic (exact) mass is 249 g/mol. The zero-order valence-corrected chi connectivity index (χ0v) is 10.7. The Kier molecular flexibility index (Phi) is 2.58. The zero-order chi connectivity index (χ0) is 11.9. The van der Waals surface area contributed by atoms with Crippen molar-refractivity contribution in [2.24, 2.45) is 0 Å². The van der Waals surface area contributed by atoms with Gasteiger partial charge in [-0.05, 0) is 31.7 Å². The average Bonchev–Trinajstić information content (AvgIpc) is 2.68. The maximum Gasteiger partial charge on any atom is 0.125 e. The maximum absolute atomic E-state index is 6.04. The molecule has 0 aromatic carbocycles. The van der Waals surface area contributed by atoms with Crippen molar-refractivity contribution >= 4 is 22.6 Å². The number of pyridine rings is 1. The number of halogens is 1. The van der Waals surface area contributed by atoms with E-state index in [0.717, 1.165) is 17.8 Å². The molecule has 17 heavy (non-hydrogen) atoms. The Morgan fingerprint density at radius 1 is 1.47 bits per heavy atom. The van der Waals surface area contributed by atoms with Gasteiger partial charge in [0.1, 0.15) is 11.3 Å². The van der Waals surface area contributed by atoms with Gasteiger partial charge in [0.05, 0.1) is 17.6 Å². The highest BCUT2D eigenvalue weighted by Gasteiger charge is 2.39. The van der Waals surface area contributed by atoms with Crippen LogP contribution in [0.25, 0.3) is 11.0 Å². The van der Waals surface area contributed by atoms with E-state index in [9.17, 15) is 0 Å². The molecule has 0 aliphatic heterocycles. The number of alkyl halides is 1. The predicted molar refractivity (Wildman–Crippen MR) is 69.2 cm³/mol. The topological polar surface area (TPSA) is 30.7 Å². The first-order valence-corrected chi connectivity index (χ1v) is 6.72. The number of nitrogens with zero attached hydrogens (tertiary/aromatic N) is 3. The van der Waals surface area contributed by atoms with Crippen molar-refractivity contribution in [1.82, 2.24) is 14.5 Å². The molecule has 0 saturated heterocycles. The molecule has 0 radical (unpaired) electrons. The lowest BCUT2D eigenvalue weighted by molar-refractivity contribution is 0.138. The van der Waals surface area contributed by atoms with Crippen molar-refractivity contribution in [1.29, 1.82) is 0 Å². The van der Waals surface area contributed by atoms with Gasteiger partial charge in [0.2, 0.25) is 0 Å². The van der Waals surface area contributed by atoms with Crippen LogP contribution in [-0.2, 0) is 11.4 Å². The molecule has 0 spiro atoms. The normalized spacial score (nSPS) is 18.2. The number of rotatable bonds is 3. The first-order chi connectivity index (χ1) is 8.30. The third kappa shape index (κ3) is 1.48. The van der Waals surface area contributed by atoms with Crippen LogP contribution in [0.1, 0.15) is 38.4 Å². The number of hydrogen-bond acceptors (Lipinski definition) is 2. The highest BCUT2D eigenvalue weighted by molar-refractivity contribution is 6.16. The first kappa shape index (κ1) is 11.0. The van der Waals surface area contributed by atoms with Crippen LogP contribution >= 0.6 is 11.6 Å². The second-order valence-electron chi connectivity index (χ2n) is 4.79. The Hall–Kier alpha value is -1.09. The molecule has 1 aliphatic carbocycles. The molecule has 90 valence electrons. The van der Waals surface area contributed by atoms with E-state index in [1.807, 2.05) is 18.5 Å². The molecule has 0 atom stereocenters. The van der Waals surface area contributed by atoms with Crippen molar-refractivity contribution in [3.8, 4) is 0 Å². The van der Waals surface area contributed by atoms with Crippen LogP contribution in [-0.4, -0.2) is 14.5 Å². The zero-order valence-electron chi connectivity index (χ0n) is 9.99. The fourth-order valence-corrected chi connectivity index (χ4v) is 3.10. The molecular weight excluding hydrogens is 234 g/mol. The number of hydrogen-bond donors (Lipinski definition) is 0. The van der Waals surface area contributed by atoms with Crippen LogP contribution < -0.4 is 0 Å². The highest BCUT2D eigenvalue weighted by atomic mass is 35.5. The molecule has 0 N–H and O–H groups in total. The summed E-state index contributed by atoms with van der Waals surface area (Å²) in [5, 5.41) is 0. The summed E-state index contributed by atoms with van der Waals surface area (Å²) in [6, 6.07) is 2.05. The van der Waals surface area contributed by atoms with Crippen molar-refractivity contribution in [2.75, 3.05) is 0 Å². The van der Waals surface area contributed by atoms with E-state index >= 15 is 0 Å². The van der Waals surface area contributed by atoms with Crippen LogP contribution in [0.15, 0.2) is 18.5 Å². The second-order valence-corrected chi connectivity index (χ2v) is 5.06. The predicted octanol–water partition coefficient (Wildman–Crippen LogP) is 3.46. The third-order valence-corrected chi connectivity index (χ3v) is 4.30. The highest BCUT2D eigenvalue weighted by Crippen LogP contribution is 2.44. The molecular formula is C13H16ClN3. The van der Waals surface area contributed by atoms with Gasteiger partial charge in [0.25, 0.3) is 0 Å². The molecule has 4 heteroatoms. The average molecular weight is 250 g/mol. The number of fused-ring (bicyclic) bond motifs is 1. The fraction of sp³-hybridized carbons (Fsp3) is 0.538. The van der Waals surface area contributed by atoms with Gasteiger partial charge in [-0.15, -0.1) is 11.6 Å². The van der Waals surface area contributed by atoms with E-state index in [4.69, 9.17) is 11.6 Å². The quantitative estimate of drug-likeness (QED) is 0.780. The molecule has 0 bridgehead atoms. The van der Waals surface area contributed by atoms with Gasteiger partial charge < -0.3 is 4.57 Å². The molecule has 0 unspecified atom stereocenters. The van der Waals surface area contributed by atoms with Crippen LogP contribution in [0.3, 0.4) is 0 Å². The summed E-state index contributed by atoms with van der Waals surface area (Å²) >= 11 is 6.04. The molecule has 1 fully saturated rings. The van der Waals surface area contributed by atoms with E-state index < -0.39 is 0 Å². The molecule has 2 heterocycles. The molecule has 1 aliphatic rings. The molecule has 3 nitrogen and oxygen atoms in total. The molecule has 2 aromatic heterocycles. The van der Waals surface area contributed by atoms with E-state index in [1.54, 1.807) is 0 Å². The Morgan fingerprint density at radius 3 is 2.88 bits per heavy atom. The van der Waals surface area contributed by atoms with E-state index in [0.29, 0.717) is 5.88 Å². The minimum absolute atomic E-state index is 0.250. The lowest BCUT2D eigenvalue weighted by Gasteiger charge is -2.44. The lowest BCUT2D eigenvalue weighted by Crippen LogP contribution is -2.40. The fourth-order valence-electron chi connectivity index (χ4n) is 2.92. The van der Waals surface area contributed by atoms with Crippen molar-refractivity contribution in [2.45, 2.75) is 44.0 Å². The van der Waals surface area contributed by atoms with Gasteiger partial charge in [-0.2, -0.15) is 0 Å². The number of aromatic nitrogens is 3. The Bertz CT molecular complexity index is 537. The Balaban J connectivity index is 2.25. The Morgan fingerprint density at radius 2 is 2.29 bits per heavy atom. The summed E-state index contributed by atoms with van der Waals surface area (Å²) in [5.74, 6) is 1.45. The third-order valence-electron chi connectivity index (χ3n) is 4.06. The second kappa shape index (κ2) is 3.98. The van der Waals surface area contributed by atoms with Gasteiger partial charge in [-0.1, -0.05) is 6.92 Å². The lowest BCUT2D eigenvalue weighted by atomic mass is 9.74. The largest absolute Gasteiger partial charge is 0.321 e. The van der Waals surface area contributed by atoms with Gasteiger partial charge in [0, 0.05) is 11.7 Å².